The first kappa shape index (κ1) is 21.4. The van der Waals surface area contributed by atoms with E-state index in [1.807, 2.05) is 11.4 Å². The third-order valence-corrected chi connectivity index (χ3v) is 5.53. The molecule has 0 aliphatic heterocycles. The number of benzene rings is 1. The zero-order valence-corrected chi connectivity index (χ0v) is 15.6. The van der Waals surface area contributed by atoms with Gasteiger partial charge in [-0.15, -0.1) is 11.3 Å². The second-order valence-corrected chi connectivity index (χ2v) is 8.15. The standard InChI is InChI=1S/C16H17F3N2O4S2/c17-16(18,19)11-25-8-7-20-15(22)12-3-5-14(6-4-12)27(23,24)21-10-13-2-1-9-26-13/h1-6,9,21H,7-8,10-11H2,(H,20,22). The molecule has 0 saturated heterocycles. The number of carbonyl (C=O) groups excluding carboxylic acids is 1. The van der Waals surface area contributed by atoms with E-state index in [0.29, 0.717) is 0 Å². The number of rotatable bonds is 9. The Balaban J connectivity index is 1.83. The van der Waals surface area contributed by atoms with Gasteiger partial charge in [-0.3, -0.25) is 4.79 Å². The molecule has 0 atom stereocenters. The molecule has 0 radical (unpaired) electrons. The molecule has 0 spiro atoms. The van der Waals surface area contributed by atoms with Crippen LogP contribution in [0.2, 0.25) is 0 Å². The molecule has 1 aromatic carbocycles. The normalized spacial score (nSPS) is 12.1. The lowest BCUT2D eigenvalue weighted by atomic mass is 10.2. The molecule has 2 aromatic rings. The van der Waals surface area contributed by atoms with Crippen molar-refractivity contribution in [2.24, 2.45) is 0 Å². The van der Waals surface area contributed by atoms with Crippen molar-refractivity contribution in [2.45, 2.75) is 17.6 Å². The fraction of sp³-hybridized carbons (Fsp3) is 0.312. The molecule has 6 nitrogen and oxygen atoms in total. The highest BCUT2D eigenvalue weighted by molar-refractivity contribution is 7.89. The van der Waals surface area contributed by atoms with Gasteiger partial charge in [0.2, 0.25) is 10.0 Å². The van der Waals surface area contributed by atoms with E-state index in [4.69, 9.17) is 0 Å². The Kier molecular flexibility index (Phi) is 7.36. The van der Waals surface area contributed by atoms with Gasteiger partial charge in [0, 0.05) is 23.5 Å². The average molecular weight is 422 g/mol. The van der Waals surface area contributed by atoms with Gasteiger partial charge in [-0.2, -0.15) is 13.2 Å². The van der Waals surface area contributed by atoms with Crippen LogP contribution in [-0.2, 0) is 21.3 Å². The quantitative estimate of drug-likeness (QED) is 0.609. The summed E-state index contributed by atoms with van der Waals surface area (Å²) >= 11 is 1.42. The van der Waals surface area contributed by atoms with Crippen LogP contribution in [0.3, 0.4) is 0 Å². The first-order valence-corrected chi connectivity index (χ1v) is 10.1. The van der Waals surface area contributed by atoms with Crippen LogP contribution in [0.15, 0.2) is 46.7 Å². The van der Waals surface area contributed by atoms with Gasteiger partial charge in [-0.1, -0.05) is 6.07 Å². The molecule has 0 aliphatic carbocycles. The molecule has 1 heterocycles. The van der Waals surface area contributed by atoms with E-state index in [1.54, 1.807) is 6.07 Å². The Labute approximate surface area is 158 Å². The van der Waals surface area contributed by atoms with Crippen LogP contribution in [0.1, 0.15) is 15.2 Å². The third kappa shape index (κ3) is 7.29. The number of hydrogen-bond acceptors (Lipinski definition) is 5. The van der Waals surface area contributed by atoms with Crippen LogP contribution in [0.4, 0.5) is 13.2 Å². The van der Waals surface area contributed by atoms with Crippen molar-refractivity contribution in [3.05, 3.63) is 52.2 Å². The van der Waals surface area contributed by atoms with Gasteiger partial charge in [0.15, 0.2) is 0 Å². The zero-order valence-electron chi connectivity index (χ0n) is 14.0. The van der Waals surface area contributed by atoms with E-state index in [9.17, 15) is 26.4 Å². The van der Waals surface area contributed by atoms with E-state index < -0.39 is 28.7 Å². The number of amides is 1. The van der Waals surface area contributed by atoms with Crippen LogP contribution in [0, 0.1) is 0 Å². The summed E-state index contributed by atoms with van der Waals surface area (Å²) in [6.45, 7) is -1.60. The summed E-state index contributed by atoms with van der Waals surface area (Å²) in [5.41, 5.74) is 0.183. The summed E-state index contributed by atoms with van der Waals surface area (Å²) in [7, 11) is -3.72. The molecule has 148 valence electrons. The Morgan fingerprint density at radius 2 is 1.85 bits per heavy atom. The summed E-state index contributed by atoms with van der Waals surface area (Å²) < 4.78 is 67.0. The van der Waals surface area contributed by atoms with Gasteiger partial charge in [0.05, 0.1) is 11.5 Å². The summed E-state index contributed by atoms with van der Waals surface area (Å²) in [5.74, 6) is -0.541. The molecule has 1 amide bonds. The van der Waals surface area contributed by atoms with Gasteiger partial charge in [0.1, 0.15) is 6.61 Å². The number of nitrogens with one attached hydrogen (secondary N) is 2. The Morgan fingerprint density at radius 1 is 1.15 bits per heavy atom. The lowest BCUT2D eigenvalue weighted by molar-refractivity contribution is -0.173. The molecule has 2 rings (SSSR count). The van der Waals surface area contributed by atoms with Crippen molar-refractivity contribution in [2.75, 3.05) is 19.8 Å². The Bertz CT molecular complexity index is 836. The van der Waals surface area contributed by atoms with Crippen LogP contribution in [-0.4, -0.2) is 40.3 Å². The minimum Gasteiger partial charge on any atom is -0.370 e. The third-order valence-electron chi connectivity index (χ3n) is 3.24. The number of alkyl halides is 3. The second kappa shape index (κ2) is 9.31. The molecule has 0 bridgehead atoms. The molecule has 0 saturated carbocycles. The molecular formula is C16H17F3N2O4S2. The van der Waals surface area contributed by atoms with E-state index >= 15 is 0 Å². The van der Waals surface area contributed by atoms with Crippen molar-refractivity contribution in [3.63, 3.8) is 0 Å². The monoisotopic (exact) mass is 422 g/mol. The van der Waals surface area contributed by atoms with Gasteiger partial charge >= 0.3 is 6.18 Å². The largest absolute Gasteiger partial charge is 0.411 e. The maximum atomic E-state index is 12.2. The highest BCUT2D eigenvalue weighted by Gasteiger charge is 2.27. The highest BCUT2D eigenvalue weighted by Crippen LogP contribution is 2.14. The molecule has 0 unspecified atom stereocenters. The lowest BCUT2D eigenvalue weighted by Gasteiger charge is -2.09. The minimum absolute atomic E-state index is 0.00381. The molecular weight excluding hydrogens is 405 g/mol. The molecule has 27 heavy (non-hydrogen) atoms. The number of hydrogen-bond donors (Lipinski definition) is 2. The number of halogens is 3. The summed E-state index contributed by atoms with van der Waals surface area (Å²) in [5, 5.41) is 4.23. The molecule has 11 heteroatoms. The molecule has 2 N–H and O–H groups in total. The highest BCUT2D eigenvalue weighted by atomic mass is 32.2. The van der Waals surface area contributed by atoms with E-state index in [-0.39, 0.29) is 30.2 Å². The smallest absolute Gasteiger partial charge is 0.370 e. The van der Waals surface area contributed by atoms with Gasteiger partial charge in [0.25, 0.3) is 5.91 Å². The van der Waals surface area contributed by atoms with Crippen molar-refractivity contribution in [1.82, 2.24) is 10.0 Å². The first-order chi connectivity index (χ1) is 12.7. The summed E-state index contributed by atoms with van der Waals surface area (Å²) in [4.78, 5) is 12.8. The molecule has 1 aromatic heterocycles. The van der Waals surface area contributed by atoms with Gasteiger partial charge < -0.3 is 10.1 Å². The fourth-order valence-electron chi connectivity index (χ4n) is 1.97. The zero-order chi connectivity index (χ0) is 19.9. The SMILES string of the molecule is O=C(NCCOCC(F)(F)F)c1ccc(S(=O)(=O)NCc2cccs2)cc1. The van der Waals surface area contributed by atoms with Crippen molar-refractivity contribution in [1.29, 1.82) is 0 Å². The van der Waals surface area contributed by atoms with E-state index in [0.717, 1.165) is 4.88 Å². The van der Waals surface area contributed by atoms with Crippen LogP contribution in [0.25, 0.3) is 0 Å². The lowest BCUT2D eigenvalue weighted by Crippen LogP contribution is -2.29. The predicted molar refractivity (Wildman–Crippen MR) is 94.0 cm³/mol. The number of carbonyl (C=O) groups is 1. The van der Waals surface area contributed by atoms with E-state index in [2.05, 4.69) is 14.8 Å². The Hall–Kier alpha value is -1.95. The maximum absolute atomic E-state index is 12.2. The maximum Gasteiger partial charge on any atom is 0.411 e. The van der Waals surface area contributed by atoms with Crippen molar-refractivity contribution < 1.29 is 31.1 Å². The van der Waals surface area contributed by atoms with Crippen molar-refractivity contribution >= 4 is 27.3 Å². The average Bonchev–Trinajstić information content (AvgIpc) is 3.12. The van der Waals surface area contributed by atoms with Crippen LogP contribution < -0.4 is 10.0 Å². The molecule has 0 fully saturated rings. The van der Waals surface area contributed by atoms with Crippen molar-refractivity contribution in [3.8, 4) is 0 Å². The van der Waals surface area contributed by atoms with Gasteiger partial charge in [-0.25, -0.2) is 13.1 Å². The number of thiophene rings is 1. The summed E-state index contributed by atoms with van der Waals surface area (Å²) in [6.07, 6.45) is -4.41. The number of ether oxygens (including phenoxy) is 1. The number of sulfonamides is 1. The van der Waals surface area contributed by atoms with Crippen LogP contribution in [0.5, 0.6) is 0 Å². The Morgan fingerprint density at radius 3 is 2.44 bits per heavy atom. The predicted octanol–water partition coefficient (Wildman–Crippen LogP) is 2.54. The summed E-state index contributed by atoms with van der Waals surface area (Å²) in [6, 6.07) is 8.84. The fourth-order valence-corrected chi connectivity index (χ4v) is 3.72. The van der Waals surface area contributed by atoms with Gasteiger partial charge in [-0.05, 0) is 35.7 Å². The van der Waals surface area contributed by atoms with Crippen LogP contribution >= 0.6 is 11.3 Å². The second-order valence-electron chi connectivity index (χ2n) is 5.35. The minimum atomic E-state index is -4.41. The first-order valence-electron chi connectivity index (χ1n) is 7.72. The topological polar surface area (TPSA) is 84.5 Å². The molecule has 0 aliphatic rings. The van der Waals surface area contributed by atoms with E-state index in [1.165, 1.54) is 35.6 Å².